The Balaban J connectivity index is 1.73. The molecule has 1 aliphatic rings. The summed E-state index contributed by atoms with van der Waals surface area (Å²) >= 11 is 1.38. The third kappa shape index (κ3) is 4.73. The van der Waals surface area contributed by atoms with Gasteiger partial charge in [0.1, 0.15) is 5.75 Å². The Hall–Kier alpha value is -2.52. The highest BCUT2D eigenvalue weighted by Crippen LogP contribution is 2.37. The van der Waals surface area contributed by atoms with Crippen LogP contribution in [0.2, 0.25) is 0 Å². The highest BCUT2D eigenvalue weighted by Gasteiger charge is 2.29. The molecule has 2 atom stereocenters. The average molecular weight is 435 g/mol. The second-order valence-corrected chi connectivity index (χ2v) is 10.5. The van der Waals surface area contributed by atoms with Gasteiger partial charge in [0.05, 0.1) is 28.2 Å². The van der Waals surface area contributed by atoms with E-state index < -0.39 is 21.0 Å². The Labute approximate surface area is 174 Å². The lowest BCUT2D eigenvalue weighted by Crippen LogP contribution is -2.27. The molecule has 1 aliphatic heterocycles. The summed E-state index contributed by atoms with van der Waals surface area (Å²) in [5.41, 5.74) is 1.01. The Morgan fingerprint density at radius 3 is 2.76 bits per heavy atom. The number of benzene rings is 2. The van der Waals surface area contributed by atoms with E-state index in [1.807, 2.05) is 0 Å². The number of thioether (sulfide) groups is 1. The van der Waals surface area contributed by atoms with Crippen LogP contribution in [-0.2, 0) is 19.4 Å². The van der Waals surface area contributed by atoms with Gasteiger partial charge in [-0.05, 0) is 44.2 Å². The number of amides is 2. The predicted octanol–water partition coefficient (Wildman–Crippen LogP) is 3.32. The molecule has 0 fully saturated rings. The normalized spacial score (nSPS) is 17.1. The molecule has 7 nitrogen and oxygen atoms in total. The van der Waals surface area contributed by atoms with Crippen LogP contribution in [0.4, 0.5) is 11.4 Å². The Bertz CT molecular complexity index is 1050. The van der Waals surface area contributed by atoms with E-state index in [1.165, 1.54) is 37.9 Å². The summed E-state index contributed by atoms with van der Waals surface area (Å²) in [4.78, 5) is 25.1. The lowest BCUT2D eigenvalue weighted by molar-refractivity contribution is -0.116. The van der Waals surface area contributed by atoms with Crippen molar-refractivity contribution in [1.82, 2.24) is 0 Å². The van der Waals surface area contributed by atoms with Gasteiger partial charge in [-0.25, -0.2) is 8.42 Å². The minimum Gasteiger partial charge on any atom is -0.497 e. The molecule has 1 heterocycles. The minimum atomic E-state index is -3.75. The van der Waals surface area contributed by atoms with Crippen molar-refractivity contribution >= 4 is 44.8 Å². The van der Waals surface area contributed by atoms with Crippen molar-refractivity contribution in [3.8, 4) is 5.75 Å². The van der Waals surface area contributed by atoms with Gasteiger partial charge in [0.15, 0.2) is 9.84 Å². The molecule has 0 saturated carbocycles. The first-order valence-corrected chi connectivity index (χ1v) is 11.4. The molecule has 29 heavy (non-hydrogen) atoms. The second kappa shape index (κ2) is 8.46. The van der Waals surface area contributed by atoms with Gasteiger partial charge < -0.3 is 15.4 Å². The highest BCUT2D eigenvalue weighted by molar-refractivity contribution is 8.01. The lowest BCUT2D eigenvalue weighted by Gasteiger charge is -2.22. The van der Waals surface area contributed by atoms with E-state index in [1.54, 1.807) is 37.3 Å². The van der Waals surface area contributed by atoms with E-state index in [-0.39, 0.29) is 22.5 Å². The molecule has 0 aliphatic carbocycles. The maximum Gasteiger partial charge on any atom is 0.237 e. The number of anilines is 2. The molecule has 2 aromatic carbocycles. The van der Waals surface area contributed by atoms with Gasteiger partial charge in [-0.3, -0.25) is 9.59 Å². The fourth-order valence-corrected chi connectivity index (χ4v) is 5.19. The van der Waals surface area contributed by atoms with Crippen molar-refractivity contribution in [2.24, 2.45) is 0 Å². The van der Waals surface area contributed by atoms with E-state index in [2.05, 4.69) is 10.6 Å². The van der Waals surface area contributed by atoms with Gasteiger partial charge in [0.25, 0.3) is 0 Å². The Kier molecular flexibility index (Phi) is 6.18. The molecular formula is C20H22N2O5S2. The van der Waals surface area contributed by atoms with Gasteiger partial charge in [-0.1, -0.05) is 6.07 Å². The highest BCUT2D eigenvalue weighted by atomic mass is 32.2. The van der Waals surface area contributed by atoms with Crippen molar-refractivity contribution in [3.63, 3.8) is 0 Å². The molecule has 0 aromatic heterocycles. The first-order chi connectivity index (χ1) is 13.7. The fourth-order valence-electron chi connectivity index (χ4n) is 2.88. The quantitative estimate of drug-likeness (QED) is 0.723. The summed E-state index contributed by atoms with van der Waals surface area (Å²) in [7, 11) is -2.23. The van der Waals surface area contributed by atoms with Crippen LogP contribution < -0.4 is 15.4 Å². The Morgan fingerprint density at radius 2 is 2.03 bits per heavy atom. The van der Waals surface area contributed by atoms with Crippen molar-refractivity contribution in [1.29, 1.82) is 0 Å². The second-order valence-electron chi connectivity index (χ2n) is 6.75. The number of carbonyl (C=O) groups is 2. The molecule has 2 amide bonds. The van der Waals surface area contributed by atoms with Crippen LogP contribution >= 0.6 is 11.8 Å². The summed E-state index contributed by atoms with van der Waals surface area (Å²) in [6.45, 7) is 3.28. The monoisotopic (exact) mass is 434 g/mol. The SMILES string of the molecule is COc1cccc(NC(=O)C[C@H](C)S(=O)(=O)c2ccc3c(c2)NC(=O)[C@H](C)S3)c1. The van der Waals surface area contributed by atoms with Crippen LogP contribution in [0.3, 0.4) is 0 Å². The lowest BCUT2D eigenvalue weighted by atomic mass is 10.2. The van der Waals surface area contributed by atoms with E-state index >= 15 is 0 Å². The number of hydrogen-bond acceptors (Lipinski definition) is 6. The van der Waals surface area contributed by atoms with Crippen LogP contribution in [0.1, 0.15) is 20.3 Å². The predicted molar refractivity (Wildman–Crippen MR) is 113 cm³/mol. The standard InChI is InChI=1S/C20H22N2O5S2/c1-12(9-19(23)21-14-5-4-6-15(10-14)27-3)29(25,26)16-7-8-18-17(11-16)22-20(24)13(2)28-18/h4-8,10-13H,9H2,1-3H3,(H,21,23)(H,22,24)/t12-,13-/m0/s1. The minimum absolute atomic E-state index is 0.0772. The summed E-state index contributed by atoms with van der Waals surface area (Å²) in [5, 5.41) is 4.25. The summed E-state index contributed by atoms with van der Waals surface area (Å²) in [5.74, 6) is 0.0134. The number of carbonyl (C=O) groups excluding carboxylic acids is 2. The number of fused-ring (bicyclic) bond motifs is 1. The zero-order valence-electron chi connectivity index (χ0n) is 16.3. The molecule has 2 aromatic rings. The van der Waals surface area contributed by atoms with E-state index in [4.69, 9.17) is 4.74 Å². The number of ether oxygens (including phenoxy) is 1. The maximum atomic E-state index is 12.9. The zero-order valence-corrected chi connectivity index (χ0v) is 17.9. The topological polar surface area (TPSA) is 102 Å². The number of sulfone groups is 1. The van der Waals surface area contributed by atoms with Gasteiger partial charge in [0.2, 0.25) is 11.8 Å². The van der Waals surface area contributed by atoms with Crippen LogP contribution in [0.5, 0.6) is 5.75 Å². The summed E-state index contributed by atoms with van der Waals surface area (Å²) < 4.78 is 31.0. The van der Waals surface area contributed by atoms with Crippen molar-refractivity contribution in [2.45, 2.75) is 40.6 Å². The Morgan fingerprint density at radius 1 is 1.28 bits per heavy atom. The van der Waals surface area contributed by atoms with Crippen LogP contribution in [0, 0.1) is 0 Å². The van der Waals surface area contributed by atoms with Crippen LogP contribution in [0.15, 0.2) is 52.3 Å². The van der Waals surface area contributed by atoms with Gasteiger partial charge >= 0.3 is 0 Å². The van der Waals surface area contributed by atoms with Crippen molar-refractivity contribution < 1.29 is 22.7 Å². The first-order valence-electron chi connectivity index (χ1n) is 9.00. The van der Waals surface area contributed by atoms with Gasteiger partial charge in [0, 0.05) is 23.1 Å². The molecule has 2 N–H and O–H groups in total. The fraction of sp³-hybridized carbons (Fsp3) is 0.300. The summed E-state index contributed by atoms with van der Waals surface area (Å²) in [6.07, 6.45) is -0.200. The molecular weight excluding hydrogens is 412 g/mol. The van der Waals surface area contributed by atoms with Gasteiger partial charge in [-0.15, -0.1) is 11.8 Å². The first kappa shape index (κ1) is 21.2. The third-order valence-corrected chi connectivity index (χ3v) is 7.88. The molecule has 3 rings (SSSR count). The molecule has 9 heteroatoms. The zero-order chi connectivity index (χ0) is 21.2. The summed E-state index contributed by atoms with van der Waals surface area (Å²) in [6, 6.07) is 11.5. The molecule has 0 spiro atoms. The van der Waals surface area contributed by atoms with Crippen molar-refractivity contribution in [3.05, 3.63) is 42.5 Å². The van der Waals surface area contributed by atoms with Crippen LogP contribution in [0.25, 0.3) is 0 Å². The number of methoxy groups -OCH3 is 1. The largest absolute Gasteiger partial charge is 0.497 e. The third-order valence-electron chi connectivity index (χ3n) is 4.57. The average Bonchev–Trinajstić information content (AvgIpc) is 2.68. The smallest absolute Gasteiger partial charge is 0.237 e. The van der Waals surface area contributed by atoms with Crippen LogP contribution in [-0.4, -0.2) is 37.8 Å². The van der Waals surface area contributed by atoms with Crippen molar-refractivity contribution in [2.75, 3.05) is 17.7 Å². The molecule has 0 bridgehead atoms. The number of rotatable bonds is 6. The number of hydrogen-bond donors (Lipinski definition) is 2. The molecule has 154 valence electrons. The van der Waals surface area contributed by atoms with E-state index in [9.17, 15) is 18.0 Å². The van der Waals surface area contributed by atoms with E-state index in [0.717, 1.165) is 4.90 Å². The molecule has 0 radical (unpaired) electrons. The van der Waals surface area contributed by atoms with E-state index in [0.29, 0.717) is 17.1 Å². The van der Waals surface area contributed by atoms with Gasteiger partial charge in [-0.2, -0.15) is 0 Å². The molecule has 0 saturated heterocycles. The number of nitrogens with one attached hydrogen (secondary N) is 2. The molecule has 0 unspecified atom stereocenters. The maximum absolute atomic E-state index is 12.9.